The molecule has 1 saturated heterocycles. The van der Waals surface area contributed by atoms with Gasteiger partial charge >= 0.3 is 0 Å². The van der Waals surface area contributed by atoms with Crippen LogP contribution in [-0.2, 0) is 14.2 Å². The first kappa shape index (κ1) is 22.9. The van der Waals surface area contributed by atoms with Crippen LogP contribution in [0.25, 0.3) is 0 Å². The zero-order valence-corrected chi connectivity index (χ0v) is 17.9. The molecule has 1 aliphatic heterocycles. The van der Waals surface area contributed by atoms with Crippen LogP contribution in [-0.4, -0.2) is 79.8 Å². The fraction of sp³-hybridized carbons (Fsp3) is 0.850. The molecular weight excluding hydrogens is 386 g/mol. The first-order valence-corrected chi connectivity index (χ1v) is 11.3. The Morgan fingerprint density at radius 1 is 0.833 bits per heavy atom. The topological polar surface area (TPSA) is 128 Å². The van der Waals surface area contributed by atoms with Gasteiger partial charge in [0.15, 0.2) is 0 Å². The molecule has 5 N–H and O–H groups in total. The molecule has 1 atom stereocenters. The minimum Gasteiger partial charge on any atom is -0.378 e. The van der Waals surface area contributed by atoms with Gasteiger partial charge in [-0.1, -0.05) is 19.3 Å². The Bertz CT molecular complexity index is 596. The fourth-order valence-corrected chi connectivity index (χ4v) is 3.68. The monoisotopic (exact) mass is 423 g/mol. The number of aromatic nitrogens is 3. The van der Waals surface area contributed by atoms with Gasteiger partial charge < -0.3 is 35.9 Å². The standard InChI is InChI=1S/C20H37N7O3/c21-8-11-28-13-14-29-12-9-22-18-25-19(23-15-17-7-4-10-30-17)27-20(26-18)24-16-5-2-1-3-6-16/h16-17H,1-15,21H2,(H3,22,23,24,25,26,27). The van der Waals surface area contributed by atoms with Gasteiger partial charge in [-0.3, -0.25) is 0 Å². The van der Waals surface area contributed by atoms with E-state index in [4.69, 9.17) is 19.9 Å². The fourth-order valence-electron chi connectivity index (χ4n) is 3.68. The molecule has 0 bridgehead atoms. The number of ether oxygens (including phenoxy) is 3. The number of hydrogen-bond donors (Lipinski definition) is 4. The summed E-state index contributed by atoms with van der Waals surface area (Å²) in [7, 11) is 0. The number of nitrogens with one attached hydrogen (secondary N) is 3. The number of hydrogen-bond acceptors (Lipinski definition) is 10. The summed E-state index contributed by atoms with van der Waals surface area (Å²) in [5.74, 6) is 1.73. The summed E-state index contributed by atoms with van der Waals surface area (Å²) in [6.45, 7) is 4.88. The molecule has 10 nitrogen and oxygen atoms in total. The minimum absolute atomic E-state index is 0.225. The second-order valence-corrected chi connectivity index (χ2v) is 7.74. The van der Waals surface area contributed by atoms with E-state index in [2.05, 4.69) is 30.9 Å². The smallest absolute Gasteiger partial charge is 0.229 e. The van der Waals surface area contributed by atoms with Crippen molar-refractivity contribution in [1.82, 2.24) is 15.0 Å². The molecule has 10 heteroatoms. The van der Waals surface area contributed by atoms with E-state index in [1.54, 1.807) is 0 Å². The highest BCUT2D eigenvalue weighted by atomic mass is 16.5. The van der Waals surface area contributed by atoms with Crippen molar-refractivity contribution in [3.8, 4) is 0 Å². The molecule has 0 aromatic carbocycles. The third-order valence-electron chi connectivity index (χ3n) is 5.25. The van der Waals surface area contributed by atoms with Gasteiger partial charge in [0.25, 0.3) is 0 Å². The lowest BCUT2D eigenvalue weighted by Gasteiger charge is -2.23. The van der Waals surface area contributed by atoms with Crippen LogP contribution in [0.4, 0.5) is 17.8 Å². The van der Waals surface area contributed by atoms with Crippen molar-refractivity contribution in [2.75, 3.05) is 68.6 Å². The zero-order valence-electron chi connectivity index (χ0n) is 17.9. The molecule has 0 radical (unpaired) electrons. The maximum absolute atomic E-state index is 5.68. The van der Waals surface area contributed by atoms with Gasteiger partial charge in [0.2, 0.25) is 17.8 Å². The molecule has 170 valence electrons. The number of rotatable bonds is 14. The zero-order chi connectivity index (χ0) is 20.9. The van der Waals surface area contributed by atoms with Gasteiger partial charge in [0, 0.05) is 32.3 Å². The predicted octanol–water partition coefficient (Wildman–Crippen LogP) is 1.61. The third-order valence-corrected chi connectivity index (χ3v) is 5.25. The Labute approximate surface area is 179 Å². The van der Waals surface area contributed by atoms with Gasteiger partial charge in [-0.2, -0.15) is 15.0 Å². The molecule has 0 amide bonds. The van der Waals surface area contributed by atoms with Gasteiger partial charge in [0.05, 0.1) is 32.5 Å². The van der Waals surface area contributed by atoms with E-state index in [0.717, 1.165) is 32.3 Å². The van der Waals surface area contributed by atoms with Crippen LogP contribution in [0.1, 0.15) is 44.9 Å². The summed E-state index contributed by atoms with van der Waals surface area (Å²) in [6, 6.07) is 0.428. The predicted molar refractivity (Wildman–Crippen MR) is 117 cm³/mol. The van der Waals surface area contributed by atoms with Crippen LogP contribution in [0.15, 0.2) is 0 Å². The summed E-state index contributed by atoms with van der Waals surface area (Å²) in [6.07, 6.45) is 8.55. The normalized spacial score (nSPS) is 19.7. The number of nitrogens with zero attached hydrogens (tertiary/aromatic N) is 3. The van der Waals surface area contributed by atoms with E-state index in [1.165, 1.54) is 19.3 Å². The maximum atomic E-state index is 5.68. The van der Waals surface area contributed by atoms with Gasteiger partial charge in [-0.15, -0.1) is 0 Å². The molecule has 1 saturated carbocycles. The largest absolute Gasteiger partial charge is 0.378 e. The summed E-state index contributed by atoms with van der Waals surface area (Å²) in [4.78, 5) is 13.6. The van der Waals surface area contributed by atoms with E-state index in [-0.39, 0.29) is 6.10 Å². The molecule has 3 rings (SSSR count). The Balaban J connectivity index is 1.49. The molecule has 1 aliphatic carbocycles. The van der Waals surface area contributed by atoms with E-state index < -0.39 is 0 Å². The molecule has 1 aromatic rings. The highest BCUT2D eigenvalue weighted by molar-refractivity contribution is 5.42. The first-order valence-electron chi connectivity index (χ1n) is 11.3. The highest BCUT2D eigenvalue weighted by Crippen LogP contribution is 2.21. The SMILES string of the molecule is NCCOCCOCCNc1nc(NCC2CCCO2)nc(NC2CCCCC2)n1. The molecular formula is C20H37N7O3. The molecule has 2 heterocycles. The number of anilines is 3. The quantitative estimate of drug-likeness (QED) is 0.328. The van der Waals surface area contributed by atoms with E-state index in [9.17, 15) is 0 Å². The van der Waals surface area contributed by atoms with E-state index >= 15 is 0 Å². The van der Waals surface area contributed by atoms with Crippen molar-refractivity contribution in [1.29, 1.82) is 0 Å². The lowest BCUT2D eigenvalue weighted by molar-refractivity contribution is 0.0547. The average molecular weight is 424 g/mol. The van der Waals surface area contributed by atoms with Crippen molar-refractivity contribution in [2.24, 2.45) is 5.73 Å². The Kier molecular flexibility index (Phi) is 10.3. The van der Waals surface area contributed by atoms with Gasteiger partial charge in [-0.05, 0) is 25.7 Å². The summed E-state index contributed by atoms with van der Waals surface area (Å²) in [5.41, 5.74) is 5.38. The minimum atomic E-state index is 0.225. The van der Waals surface area contributed by atoms with Crippen molar-refractivity contribution in [3.63, 3.8) is 0 Å². The van der Waals surface area contributed by atoms with Crippen molar-refractivity contribution in [3.05, 3.63) is 0 Å². The average Bonchev–Trinajstić information content (AvgIpc) is 3.29. The van der Waals surface area contributed by atoms with E-state index in [0.29, 0.717) is 69.9 Å². The second kappa shape index (κ2) is 13.5. The first-order chi connectivity index (χ1) is 14.8. The van der Waals surface area contributed by atoms with Crippen LogP contribution in [0.5, 0.6) is 0 Å². The van der Waals surface area contributed by atoms with Crippen LogP contribution >= 0.6 is 0 Å². The van der Waals surface area contributed by atoms with Crippen molar-refractivity contribution >= 4 is 17.8 Å². The van der Waals surface area contributed by atoms with Crippen molar-refractivity contribution < 1.29 is 14.2 Å². The molecule has 2 aliphatic rings. The number of nitrogens with two attached hydrogens (primary N) is 1. The summed E-state index contributed by atoms with van der Waals surface area (Å²) in [5, 5.41) is 10.0. The van der Waals surface area contributed by atoms with Crippen LogP contribution in [0.2, 0.25) is 0 Å². The second-order valence-electron chi connectivity index (χ2n) is 7.74. The lowest BCUT2D eigenvalue weighted by atomic mass is 9.96. The Morgan fingerprint density at radius 3 is 2.30 bits per heavy atom. The summed E-state index contributed by atoms with van der Waals surface area (Å²) < 4.78 is 16.5. The summed E-state index contributed by atoms with van der Waals surface area (Å²) >= 11 is 0. The maximum Gasteiger partial charge on any atom is 0.229 e. The van der Waals surface area contributed by atoms with E-state index in [1.807, 2.05) is 0 Å². The van der Waals surface area contributed by atoms with Crippen LogP contribution < -0.4 is 21.7 Å². The molecule has 2 fully saturated rings. The van der Waals surface area contributed by atoms with Gasteiger partial charge in [0.1, 0.15) is 0 Å². The molecule has 0 spiro atoms. The Hall–Kier alpha value is -1.75. The highest BCUT2D eigenvalue weighted by Gasteiger charge is 2.18. The molecule has 1 aromatic heterocycles. The molecule has 1 unspecified atom stereocenters. The van der Waals surface area contributed by atoms with Gasteiger partial charge in [-0.25, -0.2) is 0 Å². The van der Waals surface area contributed by atoms with Crippen LogP contribution in [0, 0.1) is 0 Å². The van der Waals surface area contributed by atoms with Crippen LogP contribution in [0.3, 0.4) is 0 Å². The Morgan fingerprint density at radius 2 is 1.57 bits per heavy atom. The molecule has 30 heavy (non-hydrogen) atoms. The lowest BCUT2D eigenvalue weighted by Crippen LogP contribution is -2.25. The third kappa shape index (κ3) is 8.55. The van der Waals surface area contributed by atoms with Crippen molar-refractivity contribution in [2.45, 2.75) is 57.1 Å².